The number of aliphatic hydroxyl groups excluding tert-OH is 2. The Balaban J connectivity index is 0.00000625. The minimum atomic E-state index is -0.890. The molecule has 5 heteroatoms. The molecule has 1 aliphatic carbocycles. The van der Waals surface area contributed by atoms with Crippen molar-refractivity contribution in [2.24, 2.45) is 23.7 Å². The molecule has 1 aliphatic rings. The minimum Gasteiger partial charge on any atom is -0.531 e. The summed E-state index contributed by atoms with van der Waals surface area (Å²) in [6.07, 6.45) is 2.03. The Morgan fingerprint density at radius 2 is 1.54 bits per heavy atom. The fourth-order valence-corrected chi connectivity index (χ4v) is 3.31. The molecule has 2 unspecified atom stereocenters. The predicted molar refractivity (Wildman–Crippen MR) is 100 cm³/mol. The molecule has 0 saturated heterocycles. The molecule has 1 rings (SSSR count). The molecule has 0 spiro atoms. The van der Waals surface area contributed by atoms with E-state index in [9.17, 15) is 19.8 Å². The SMILES string of the molecule is CC(C)CCC(O)[C-]1C(=O)C(C(=O)CC(C)C)=C(O)C1CCC(C)C.[Mo]. The van der Waals surface area contributed by atoms with Gasteiger partial charge in [0.2, 0.25) is 0 Å². The van der Waals surface area contributed by atoms with E-state index < -0.39 is 17.8 Å². The number of rotatable bonds is 10. The maximum absolute atomic E-state index is 12.8. The van der Waals surface area contributed by atoms with Crippen LogP contribution in [-0.4, -0.2) is 27.9 Å². The molecule has 150 valence electrons. The number of Topliss-reactive ketones (excluding diaryl/α,β-unsaturated/α-hetero) is 2. The van der Waals surface area contributed by atoms with Crippen LogP contribution in [-0.2, 0) is 30.7 Å². The first kappa shape index (κ1) is 25.4. The second-order valence-electron chi connectivity index (χ2n) is 8.58. The molecule has 0 aromatic carbocycles. The number of carbonyl (C=O) groups excluding carboxylic acids is 2. The molecular weight excluding hydrogens is 412 g/mol. The van der Waals surface area contributed by atoms with Crippen LogP contribution in [0.1, 0.15) is 73.6 Å². The zero-order valence-corrected chi connectivity index (χ0v) is 19.0. The number of hydrogen-bond acceptors (Lipinski definition) is 4. The van der Waals surface area contributed by atoms with Gasteiger partial charge >= 0.3 is 0 Å². The largest absolute Gasteiger partial charge is 0.531 e. The smallest absolute Gasteiger partial charge is 0.0900 e. The minimum absolute atomic E-state index is 0. The van der Waals surface area contributed by atoms with Crippen molar-refractivity contribution < 1.29 is 40.9 Å². The normalized spacial score (nSPS) is 18.9. The quantitative estimate of drug-likeness (QED) is 0.295. The van der Waals surface area contributed by atoms with Gasteiger partial charge in [0.15, 0.2) is 0 Å². The molecule has 0 radical (unpaired) electrons. The van der Waals surface area contributed by atoms with E-state index in [0.717, 1.165) is 12.8 Å². The van der Waals surface area contributed by atoms with Crippen LogP contribution >= 0.6 is 0 Å². The van der Waals surface area contributed by atoms with E-state index in [1.165, 1.54) is 0 Å². The zero-order valence-electron chi connectivity index (χ0n) is 17.0. The fraction of sp³-hybridized carbons (Fsp3) is 0.762. The Morgan fingerprint density at radius 3 is 2.00 bits per heavy atom. The van der Waals surface area contributed by atoms with E-state index in [0.29, 0.717) is 30.6 Å². The van der Waals surface area contributed by atoms with Gasteiger partial charge in [-0.2, -0.15) is 0 Å². The van der Waals surface area contributed by atoms with Gasteiger partial charge in [-0.25, -0.2) is 0 Å². The molecule has 2 atom stereocenters. The van der Waals surface area contributed by atoms with Crippen LogP contribution in [0.15, 0.2) is 11.3 Å². The molecule has 0 heterocycles. The van der Waals surface area contributed by atoms with Gasteiger partial charge in [-0.05, 0) is 48.5 Å². The van der Waals surface area contributed by atoms with Gasteiger partial charge in [-0.1, -0.05) is 54.4 Å². The predicted octanol–water partition coefficient (Wildman–Crippen LogP) is 4.42. The van der Waals surface area contributed by atoms with Crippen molar-refractivity contribution in [2.45, 2.75) is 79.8 Å². The van der Waals surface area contributed by atoms with Crippen LogP contribution < -0.4 is 0 Å². The summed E-state index contributed by atoms with van der Waals surface area (Å²) < 4.78 is 0. The first-order chi connectivity index (χ1) is 11.6. The van der Waals surface area contributed by atoms with Gasteiger partial charge in [0.25, 0.3) is 0 Å². The van der Waals surface area contributed by atoms with E-state index in [-0.39, 0.29) is 50.5 Å². The standard InChI is InChI=1S/C21H35O4.Mo/c1-12(2)7-9-15-18(16(22)10-8-13(3)4)21(25)19(20(15)24)17(23)11-14(5)6;/h12-16,22,24H,7-11H2,1-6H3;/q-1;. The van der Waals surface area contributed by atoms with Gasteiger partial charge in [-0.15, -0.1) is 5.92 Å². The fourth-order valence-electron chi connectivity index (χ4n) is 3.31. The molecule has 0 aromatic rings. The molecule has 0 amide bonds. The molecule has 26 heavy (non-hydrogen) atoms. The van der Waals surface area contributed by atoms with Crippen LogP contribution in [0.4, 0.5) is 0 Å². The van der Waals surface area contributed by atoms with E-state index in [4.69, 9.17) is 0 Å². The topological polar surface area (TPSA) is 74.6 Å². The summed E-state index contributed by atoms with van der Waals surface area (Å²) in [5.74, 6) is -0.0864. The van der Waals surface area contributed by atoms with Crippen LogP contribution in [0.25, 0.3) is 0 Å². The number of carbonyl (C=O) groups is 2. The van der Waals surface area contributed by atoms with Crippen LogP contribution in [0.5, 0.6) is 0 Å². The third-order valence-electron chi connectivity index (χ3n) is 4.73. The Bertz CT molecular complexity index is 508. The van der Waals surface area contributed by atoms with Crippen LogP contribution in [0, 0.1) is 29.6 Å². The monoisotopic (exact) mass is 449 g/mol. The van der Waals surface area contributed by atoms with Gasteiger partial charge in [0.05, 0.1) is 5.78 Å². The van der Waals surface area contributed by atoms with E-state index in [1.54, 1.807) is 0 Å². The summed E-state index contributed by atoms with van der Waals surface area (Å²) in [6, 6.07) is 0. The van der Waals surface area contributed by atoms with Crippen molar-refractivity contribution in [3.05, 3.63) is 17.3 Å². The van der Waals surface area contributed by atoms with Crippen molar-refractivity contribution in [2.75, 3.05) is 0 Å². The Hall–Kier alpha value is -0.602. The Labute approximate surface area is 173 Å². The van der Waals surface area contributed by atoms with Gasteiger partial charge in [0, 0.05) is 38.7 Å². The number of allylic oxidation sites excluding steroid dienone is 2. The molecule has 0 fully saturated rings. The molecule has 0 aromatic heterocycles. The molecular formula is C21H35MoO4-. The summed E-state index contributed by atoms with van der Waals surface area (Å²) in [4.78, 5) is 25.3. The Morgan fingerprint density at radius 1 is 1.00 bits per heavy atom. The third-order valence-corrected chi connectivity index (χ3v) is 4.73. The van der Waals surface area contributed by atoms with Crippen molar-refractivity contribution in [1.29, 1.82) is 0 Å². The average Bonchev–Trinajstić information content (AvgIpc) is 2.72. The average molecular weight is 447 g/mol. The maximum atomic E-state index is 12.8. The summed E-state index contributed by atoms with van der Waals surface area (Å²) in [6.45, 7) is 12.1. The third kappa shape index (κ3) is 6.85. The summed E-state index contributed by atoms with van der Waals surface area (Å²) in [7, 11) is 0. The van der Waals surface area contributed by atoms with E-state index in [1.807, 2.05) is 13.8 Å². The zero-order chi connectivity index (χ0) is 19.3. The van der Waals surface area contributed by atoms with Gasteiger partial charge < -0.3 is 19.8 Å². The molecule has 0 saturated carbocycles. The number of aliphatic hydroxyl groups is 2. The number of hydrogen-bond donors (Lipinski definition) is 2. The van der Waals surface area contributed by atoms with Crippen LogP contribution in [0.2, 0.25) is 0 Å². The first-order valence-electron chi connectivity index (χ1n) is 9.61. The summed E-state index contributed by atoms with van der Waals surface area (Å²) >= 11 is 0. The maximum Gasteiger partial charge on any atom is 0.0900 e. The Kier molecular flexibility index (Phi) is 11.0. The van der Waals surface area contributed by atoms with Crippen molar-refractivity contribution in [1.82, 2.24) is 0 Å². The summed E-state index contributed by atoms with van der Waals surface area (Å²) in [5, 5.41) is 21.2. The van der Waals surface area contributed by atoms with Crippen molar-refractivity contribution in [3.8, 4) is 0 Å². The van der Waals surface area contributed by atoms with Crippen molar-refractivity contribution in [3.63, 3.8) is 0 Å². The van der Waals surface area contributed by atoms with E-state index >= 15 is 0 Å². The first-order valence-corrected chi connectivity index (χ1v) is 9.61. The van der Waals surface area contributed by atoms with E-state index in [2.05, 4.69) is 27.7 Å². The molecule has 4 nitrogen and oxygen atoms in total. The van der Waals surface area contributed by atoms with Gasteiger partial charge in [0.1, 0.15) is 0 Å². The number of ketones is 2. The second-order valence-corrected chi connectivity index (χ2v) is 8.58. The molecule has 0 aliphatic heterocycles. The van der Waals surface area contributed by atoms with Crippen LogP contribution in [0.3, 0.4) is 0 Å². The summed E-state index contributed by atoms with van der Waals surface area (Å²) in [5.41, 5.74) is -0.0824. The van der Waals surface area contributed by atoms with Crippen molar-refractivity contribution >= 4 is 11.6 Å². The molecule has 2 N–H and O–H groups in total. The molecule has 0 bridgehead atoms. The van der Waals surface area contributed by atoms with Gasteiger partial charge in [-0.3, -0.25) is 0 Å². The second kappa shape index (κ2) is 11.3.